The quantitative estimate of drug-likeness (QED) is 0.671. The first-order valence-corrected chi connectivity index (χ1v) is 6.54. The Kier molecular flexibility index (Phi) is 4.18. The van der Waals surface area contributed by atoms with Gasteiger partial charge in [-0.3, -0.25) is 14.9 Å². The molecule has 0 unspecified atom stereocenters. The molecule has 0 radical (unpaired) electrons. The number of aromatic nitrogens is 1. The second-order valence-electron chi connectivity index (χ2n) is 4.22. The number of nitro benzene ring substituents is 1. The zero-order valence-electron chi connectivity index (χ0n) is 10.5. The molecule has 2 aromatic rings. The van der Waals surface area contributed by atoms with Crippen LogP contribution in [0.3, 0.4) is 0 Å². The van der Waals surface area contributed by atoms with Crippen molar-refractivity contribution >= 4 is 27.6 Å². The average Bonchev–Trinajstić information content (AvgIpc) is 2.42. The van der Waals surface area contributed by atoms with Gasteiger partial charge in [0.15, 0.2) is 0 Å². The van der Waals surface area contributed by atoms with Gasteiger partial charge >= 0.3 is 5.97 Å². The summed E-state index contributed by atoms with van der Waals surface area (Å²) in [5.41, 5.74) is 0.0733. The van der Waals surface area contributed by atoms with Crippen LogP contribution >= 0.6 is 15.9 Å². The molecule has 1 aromatic heterocycles. The van der Waals surface area contributed by atoms with Gasteiger partial charge in [-0.2, -0.15) is 0 Å². The molecule has 1 N–H and O–H groups in total. The van der Waals surface area contributed by atoms with Gasteiger partial charge in [0.05, 0.1) is 17.0 Å². The number of carboxylic acid groups (broad SMARTS) is 1. The molecule has 21 heavy (non-hydrogen) atoms. The molecule has 0 atom stereocenters. The summed E-state index contributed by atoms with van der Waals surface area (Å²) >= 11 is 3.22. The van der Waals surface area contributed by atoms with Crippen LogP contribution in [0.4, 0.5) is 5.69 Å². The number of hydrogen-bond acceptors (Lipinski definition) is 4. The highest BCUT2D eigenvalue weighted by Gasteiger charge is 2.11. The van der Waals surface area contributed by atoms with Crippen molar-refractivity contribution in [1.82, 2.24) is 4.57 Å². The number of hydrogen-bond donors (Lipinski definition) is 1. The van der Waals surface area contributed by atoms with Crippen LogP contribution in [0.5, 0.6) is 0 Å². The van der Waals surface area contributed by atoms with Crippen molar-refractivity contribution in [3.63, 3.8) is 0 Å². The van der Waals surface area contributed by atoms with Crippen molar-refractivity contribution in [2.75, 3.05) is 0 Å². The number of nitrogens with zero attached hydrogens (tertiary/aromatic N) is 2. The van der Waals surface area contributed by atoms with E-state index < -0.39 is 16.5 Å². The van der Waals surface area contributed by atoms with E-state index >= 15 is 0 Å². The van der Waals surface area contributed by atoms with Gasteiger partial charge in [0.25, 0.3) is 11.2 Å². The predicted octanol–water partition coefficient (Wildman–Crippen LogP) is 2.27. The van der Waals surface area contributed by atoms with E-state index in [1.807, 2.05) is 0 Å². The van der Waals surface area contributed by atoms with E-state index in [-0.39, 0.29) is 17.8 Å². The molecule has 0 saturated heterocycles. The number of aromatic carboxylic acids is 1. The molecule has 8 heteroatoms. The van der Waals surface area contributed by atoms with Gasteiger partial charge in [0.2, 0.25) is 0 Å². The number of pyridine rings is 1. The summed E-state index contributed by atoms with van der Waals surface area (Å²) in [6.45, 7) is 0.178. The Morgan fingerprint density at radius 2 is 2.05 bits per heavy atom. The topological polar surface area (TPSA) is 102 Å². The van der Waals surface area contributed by atoms with E-state index in [4.69, 9.17) is 5.11 Å². The molecule has 2 rings (SSSR count). The van der Waals surface area contributed by atoms with Gasteiger partial charge in [-0.1, -0.05) is 15.9 Å². The lowest BCUT2D eigenvalue weighted by Crippen LogP contribution is -2.21. The molecule has 0 amide bonds. The van der Waals surface area contributed by atoms with Crippen LogP contribution in [0.2, 0.25) is 0 Å². The van der Waals surface area contributed by atoms with Crippen molar-refractivity contribution in [2.45, 2.75) is 6.54 Å². The summed E-state index contributed by atoms with van der Waals surface area (Å²) in [6, 6.07) is 6.59. The van der Waals surface area contributed by atoms with E-state index in [2.05, 4.69) is 15.9 Å². The monoisotopic (exact) mass is 352 g/mol. The summed E-state index contributed by atoms with van der Waals surface area (Å²) < 4.78 is 1.82. The fourth-order valence-electron chi connectivity index (χ4n) is 1.73. The third-order valence-corrected chi connectivity index (χ3v) is 3.57. The Hall–Kier alpha value is -2.48. The summed E-state index contributed by atoms with van der Waals surface area (Å²) in [5.74, 6) is -1.17. The maximum atomic E-state index is 11.8. The molecular formula is C13H9BrN2O5. The third kappa shape index (κ3) is 3.34. The predicted molar refractivity (Wildman–Crippen MR) is 77.6 cm³/mol. The molecule has 0 spiro atoms. The number of carbonyl (C=O) groups is 1. The van der Waals surface area contributed by atoms with Gasteiger partial charge in [-0.15, -0.1) is 0 Å². The lowest BCUT2D eigenvalue weighted by atomic mass is 10.2. The third-order valence-electron chi connectivity index (χ3n) is 2.83. The first-order chi connectivity index (χ1) is 9.88. The van der Waals surface area contributed by atoms with Gasteiger partial charge in [0.1, 0.15) is 0 Å². The van der Waals surface area contributed by atoms with Crippen molar-refractivity contribution in [3.8, 4) is 0 Å². The fourth-order valence-corrected chi connectivity index (χ4v) is 2.23. The Bertz CT molecular complexity index is 784. The number of rotatable bonds is 4. The molecule has 0 aliphatic carbocycles. The van der Waals surface area contributed by atoms with Crippen LogP contribution in [-0.2, 0) is 6.54 Å². The van der Waals surface area contributed by atoms with Crippen LogP contribution < -0.4 is 5.56 Å². The summed E-state index contributed by atoms with van der Waals surface area (Å²) in [7, 11) is 0. The Morgan fingerprint density at radius 3 is 2.57 bits per heavy atom. The second-order valence-corrected chi connectivity index (χ2v) is 5.07. The largest absolute Gasteiger partial charge is 0.478 e. The highest BCUT2D eigenvalue weighted by atomic mass is 79.9. The number of benzene rings is 1. The molecular weight excluding hydrogens is 344 g/mol. The molecule has 0 saturated carbocycles. The van der Waals surface area contributed by atoms with Crippen LogP contribution in [0.1, 0.15) is 15.9 Å². The fraction of sp³-hybridized carbons (Fsp3) is 0.0769. The zero-order chi connectivity index (χ0) is 15.6. The smallest absolute Gasteiger partial charge is 0.335 e. The first kappa shape index (κ1) is 14.9. The van der Waals surface area contributed by atoms with E-state index in [9.17, 15) is 19.7 Å². The highest BCUT2D eigenvalue weighted by Crippen LogP contribution is 2.23. The number of nitro groups is 1. The van der Waals surface area contributed by atoms with Gasteiger partial charge in [0, 0.05) is 28.9 Å². The molecule has 0 bridgehead atoms. The Labute approximate surface area is 126 Å². The van der Waals surface area contributed by atoms with Gasteiger partial charge < -0.3 is 9.67 Å². The molecule has 0 aliphatic heterocycles. The maximum absolute atomic E-state index is 11.8. The molecule has 0 aliphatic rings. The minimum Gasteiger partial charge on any atom is -0.478 e. The Balaban J connectivity index is 2.32. The Morgan fingerprint density at radius 1 is 1.33 bits per heavy atom. The lowest BCUT2D eigenvalue weighted by molar-refractivity contribution is -0.384. The highest BCUT2D eigenvalue weighted by molar-refractivity contribution is 9.10. The van der Waals surface area contributed by atoms with E-state index in [0.29, 0.717) is 10.0 Å². The molecule has 0 fully saturated rings. The van der Waals surface area contributed by atoms with Crippen LogP contribution in [0.15, 0.2) is 45.8 Å². The van der Waals surface area contributed by atoms with Crippen molar-refractivity contribution in [1.29, 1.82) is 0 Å². The van der Waals surface area contributed by atoms with Gasteiger partial charge in [-0.25, -0.2) is 4.79 Å². The standard InChI is InChI=1S/C13H9BrN2O5/c14-11-6-10(16(20)21)2-1-9(11)7-15-4-3-8(13(18)19)5-12(15)17/h1-6H,7H2,(H,18,19). The second kappa shape index (κ2) is 5.88. The molecule has 1 aromatic carbocycles. The average molecular weight is 353 g/mol. The van der Waals surface area contributed by atoms with E-state index in [1.165, 1.54) is 29.0 Å². The van der Waals surface area contributed by atoms with E-state index in [0.717, 1.165) is 6.07 Å². The van der Waals surface area contributed by atoms with Crippen LogP contribution in [0.25, 0.3) is 0 Å². The first-order valence-electron chi connectivity index (χ1n) is 5.75. The number of carboxylic acids is 1. The lowest BCUT2D eigenvalue weighted by Gasteiger charge is -2.08. The van der Waals surface area contributed by atoms with Crippen molar-refractivity contribution < 1.29 is 14.8 Å². The van der Waals surface area contributed by atoms with E-state index in [1.54, 1.807) is 6.07 Å². The SMILES string of the molecule is O=C(O)c1ccn(Cc2ccc([N+](=O)[O-])cc2Br)c(=O)c1. The number of non-ortho nitro benzene ring substituents is 1. The maximum Gasteiger partial charge on any atom is 0.335 e. The van der Waals surface area contributed by atoms with Crippen LogP contribution in [0, 0.1) is 10.1 Å². The van der Waals surface area contributed by atoms with Gasteiger partial charge in [-0.05, 0) is 17.7 Å². The van der Waals surface area contributed by atoms with Crippen LogP contribution in [-0.4, -0.2) is 20.6 Å². The molecule has 108 valence electrons. The zero-order valence-corrected chi connectivity index (χ0v) is 12.1. The normalized spacial score (nSPS) is 10.3. The molecule has 7 nitrogen and oxygen atoms in total. The minimum atomic E-state index is -1.17. The van der Waals surface area contributed by atoms with Crippen molar-refractivity contribution in [3.05, 3.63) is 72.6 Å². The minimum absolute atomic E-state index is 0.0563. The summed E-state index contributed by atoms with van der Waals surface area (Å²) in [5, 5.41) is 19.4. The summed E-state index contributed by atoms with van der Waals surface area (Å²) in [4.78, 5) is 32.7. The summed E-state index contributed by atoms with van der Waals surface area (Å²) in [6.07, 6.45) is 1.37. The van der Waals surface area contributed by atoms with Crippen molar-refractivity contribution in [2.24, 2.45) is 0 Å². The molecule has 1 heterocycles. The number of halogens is 1.